The predicted octanol–water partition coefficient (Wildman–Crippen LogP) is 0.249. The Kier molecular flexibility index (Phi) is 4.11. The van der Waals surface area contributed by atoms with E-state index >= 15 is 0 Å². The van der Waals surface area contributed by atoms with Gasteiger partial charge in [-0.15, -0.1) is 5.10 Å². The number of aromatic nitrogens is 2. The van der Waals surface area contributed by atoms with Crippen molar-refractivity contribution < 1.29 is 19.1 Å². The lowest BCUT2D eigenvalue weighted by Gasteiger charge is -2.21. The highest BCUT2D eigenvalue weighted by atomic mass is 32.1. The molecule has 8 heteroatoms. The van der Waals surface area contributed by atoms with Gasteiger partial charge in [-0.3, -0.25) is 4.79 Å². The second-order valence-electron chi connectivity index (χ2n) is 4.28. The van der Waals surface area contributed by atoms with Crippen LogP contribution in [-0.4, -0.2) is 59.3 Å². The number of hydrogen-bond donors (Lipinski definition) is 0. The van der Waals surface area contributed by atoms with Gasteiger partial charge in [-0.1, -0.05) is 4.49 Å². The highest BCUT2D eigenvalue weighted by Gasteiger charge is 2.41. The van der Waals surface area contributed by atoms with Crippen LogP contribution >= 0.6 is 11.5 Å². The molecule has 0 aromatic carbocycles. The number of likely N-dealkylation sites (tertiary alicyclic amines) is 1. The number of hydrogen-bond acceptors (Lipinski definition) is 7. The summed E-state index contributed by atoms with van der Waals surface area (Å²) in [4.78, 5) is 26.1. The summed E-state index contributed by atoms with van der Waals surface area (Å²) in [6, 6.07) is -0.607. The molecule has 7 nitrogen and oxygen atoms in total. The van der Waals surface area contributed by atoms with Gasteiger partial charge in [0.15, 0.2) is 0 Å². The molecule has 0 bridgehead atoms. The molecule has 19 heavy (non-hydrogen) atoms. The molecule has 0 radical (unpaired) electrons. The van der Waals surface area contributed by atoms with Gasteiger partial charge in [0.1, 0.15) is 10.9 Å². The van der Waals surface area contributed by atoms with Gasteiger partial charge in [-0.25, -0.2) is 4.79 Å². The van der Waals surface area contributed by atoms with Crippen LogP contribution in [0.15, 0.2) is 0 Å². The topological polar surface area (TPSA) is 81.6 Å². The van der Waals surface area contributed by atoms with Crippen LogP contribution in [0.1, 0.15) is 21.8 Å². The maximum Gasteiger partial charge on any atom is 0.328 e. The third kappa shape index (κ3) is 2.59. The maximum absolute atomic E-state index is 12.4. The van der Waals surface area contributed by atoms with Gasteiger partial charge in [0.25, 0.3) is 5.91 Å². The second-order valence-corrected chi connectivity index (χ2v) is 5.03. The zero-order chi connectivity index (χ0) is 14.0. The normalized spacial score (nSPS) is 22.6. The molecule has 1 amide bonds. The van der Waals surface area contributed by atoms with Gasteiger partial charge in [-0.05, 0) is 18.5 Å². The Hall–Kier alpha value is -1.54. The Morgan fingerprint density at radius 1 is 1.42 bits per heavy atom. The Balaban J connectivity index is 2.23. The van der Waals surface area contributed by atoms with E-state index in [0.29, 0.717) is 23.5 Å². The van der Waals surface area contributed by atoms with Crippen LogP contribution in [0.2, 0.25) is 0 Å². The molecule has 104 valence electrons. The molecule has 0 spiro atoms. The summed E-state index contributed by atoms with van der Waals surface area (Å²) in [7, 11) is 2.87. The monoisotopic (exact) mass is 285 g/mol. The second kappa shape index (κ2) is 5.62. The third-order valence-corrected chi connectivity index (χ3v) is 3.99. The molecule has 2 atom stereocenters. The summed E-state index contributed by atoms with van der Waals surface area (Å²) in [6.07, 6.45) is 0.287. The Morgan fingerprint density at radius 3 is 2.68 bits per heavy atom. The average Bonchev–Trinajstić information content (AvgIpc) is 3.03. The molecule has 1 saturated heterocycles. The molecular formula is C11H15N3O4S. The summed E-state index contributed by atoms with van der Waals surface area (Å²) in [5, 5.41) is 3.81. The van der Waals surface area contributed by atoms with Crippen molar-refractivity contribution in [2.75, 3.05) is 20.8 Å². The van der Waals surface area contributed by atoms with Crippen molar-refractivity contribution in [1.29, 1.82) is 0 Å². The molecule has 0 unspecified atom stereocenters. The molecule has 1 aliphatic heterocycles. The number of rotatable bonds is 3. The van der Waals surface area contributed by atoms with Gasteiger partial charge >= 0.3 is 5.97 Å². The number of carbonyl (C=O) groups is 2. The highest BCUT2D eigenvalue weighted by Crippen LogP contribution is 2.25. The minimum Gasteiger partial charge on any atom is -0.467 e. The first-order valence-corrected chi connectivity index (χ1v) is 6.56. The van der Waals surface area contributed by atoms with Crippen LogP contribution in [0.3, 0.4) is 0 Å². The van der Waals surface area contributed by atoms with E-state index in [4.69, 9.17) is 9.47 Å². The van der Waals surface area contributed by atoms with Gasteiger partial charge < -0.3 is 14.4 Å². The minimum atomic E-state index is -0.607. The largest absolute Gasteiger partial charge is 0.467 e. The van der Waals surface area contributed by atoms with Gasteiger partial charge in [-0.2, -0.15) is 0 Å². The molecule has 1 aromatic rings. The molecule has 0 saturated carbocycles. The smallest absolute Gasteiger partial charge is 0.328 e. The summed E-state index contributed by atoms with van der Waals surface area (Å²) in [5.74, 6) is -0.675. The molecule has 1 fully saturated rings. The van der Waals surface area contributed by atoms with Crippen LogP contribution in [-0.2, 0) is 14.3 Å². The van der Waals surface area contributed by atoms with E-state index in [2.05, 4.69) is 9.59 Å². The van der Waals surface area contributed by atoms with Crippen LogP contribution < -0.4 is 0 Å². The Bertz CT molecular complexity index is 490. The van der Waals surface area contributed by atoms with Gasteiger partial charge in [0.05, 0.1) is 18.9 Å². The fourth-order valence-electron chi connectivity index (χ4n) is 2.11. The zero-order valence-corrected chi connectivity index (χ0v) is 11.8. The fourth-order valence-corrected chi connectivity index (χ4v) is 2.72. The molecule has 0 N–H and O–H groups in total. The number of amides is 1. The molecule has 1 aromatic heterocycles. The lowest BCUT2D eigenvalue weighted by atomic mass is 10.2. The lowest BCUT2D eigenvalue weighted by molar-refractivity contribution is -0.145. The minimum absolute atomic E-state index is 0.158. The number of ether oxygens (including phenoxy) is 2. The van der Waals surface area contributed by atoms with Crippen molar-refractivity contribution in [2.45, 2.75) is 25.5 Å². The van der Waals surface area contributed by atoms with E-state index in [1.165, 1.54) is 12.0 Å². The third-order valence-electron chi connectivity index (χ3n) is 3.18. The summed E-state index contributed by atoms with van der Waals surface area (Å²) >= 11 is 1.03. The van der Waals surface area contributed by atoms with Crippen molar-refractivity contribution in [3.05, 3.63) is 10.6 Å². The van der Waals surface area contributed by atoms with Gasteiger partial charge in [0.2, 0.25) is 0 Å². The maximum atomic E-state index is 12.4. The number of aryl methyl sites for hydroxylation is 1. The van der Waals surface area contributed by atoms with Crippen LogP contribution in [0, 0.1) is 6.92 Å². The number of methoxy groups -OCH3 is 2. The number of carbonyl (C=O) groups excluding carboxylic acids is 2. The van der Waals surface area contributed by atoms with E-state index in [9.17, 15) is 9.59 Å². The lowest BCUT2D eigenvalue weighted by Crippen LogP contribution is -2.41. The molecule has 2 rings (SSSR count). The van der Waals surface area contributed by atoms with Crippen LogP contribution in [0.25, 0.3) is 0 Å². The Morgan fingerprint density at radius 2 is 2.16 bits per heavy atom. The predicted molar refractivity (Wildman–Crippen MR) is 66.9 cm³/mol. The van der Waals surface area contributed by atoms with Crippen molar-refractivity contribution in [3.63, 3.8) is 0 Å². The summed E-state index contributed by atoms with van der Waals surface area (Å²) in [6.45, 7) is 2.08. The summed E-state index contributed by atoms with van der Waals surface area (Å²) < 4.78 is 13.7. The Labute approximate surface area is 114 Å². The first kappa shape index (κ1) is 13.9. The molecule has 2 heterocycles. The van der Waals surface area contributed by atoms with E-state index in [0.717, 1.165) is 11.5 Å². The molecule has 1 aliphatic rings. The van der Waals surface area contributed by atoms with Crippen LogP contribution in [0.5, 0.6) is 0 Å². The molecule has 0 aliphatic carbocycles. The number of nitrogens with zero attached hydrogens (tertiary/aromatic N) is 3. The molecular weight excluding hydrogens is 270 g/mol. The SMILES string of the molecule is COC(=O)[C@@H]1C[C@H](OC)CN1C(=O)c1snnc1C. The van der Waals surface area contributed by atoms with E-state index in [1.807, 2.05) is 0 Å². The first-order valence-electron chi connectivity index (χ1n) is 5.79. The van der Waals surface area contributed by atoms with Gasteiger partial charge in [0, 0.05) is 20.1 Å². The average molecular weight is 285 g/mol. The summed E-state index contributed by atoms with van der Waals surface area (Å²) in [5.41, 5.74) is 0.569. The van der Waals surface area contributed by atoms with Crippen molar-refractivity contribution in [3.8, 4) is 0 Å². The highest BCUT2D eigenvalue weighted by molar-refractivity contribution is 7.07. The van der Waals surface area contributed by atoms with E-state index in [1.54, 1.807) is 14.0 Å². The first-order chi connectivity index (χ1) is 9.08. The van der Waals surface area contributed by atoms with E-state index < -0.39 is 12.0 Å². The van der Waals surface area contributed by atoms with Crippen molar-refractivity contribution in [2.24, 2.45) is 0 Å². The fraction of sp³-hybridized carbons (Fsp3) is 0.636. The zero-order valence-electron chi connectivity index (χ0n) is 11.0. The van der Waals surface area contributed by atoms with E-state index in [-0.39, 0.29) is 12.0 Å². The number of esters is 1. The quantitative estimate of drug-likeness (QED) is 0.740. The van der Waals surface area contributed by atoms with Crippen molar-refractivity contribution in [1.82, 2.24) is 14.5 Å². The van der Waals surface area contributed by atoms with Crippen molar-refractivity contribution >= 4 is 23.4 Å². The standard InChI is InChI=1S/C11H15N3O4S/c1-6-9(19-13-12-6)10(15)14-5-7(17-2)4-8(14)11(16)18-3/h7-8H,4-5H2,1-3H3/t7-,8-/m0/s1. The van der Waals surface area contributed by atoms with Crippen LogP contribution in [0.4, 0.5) is 0 Å².